The number of rotatable bonds is 28. The number of para-hydroxylation sites is 2. The van der Waals surface area contributed by atoms with Crippen LogP contribution in [-0.4, -0.2) is 313 Å². The highest BCUT2D eigenvalue weighted by atomic mass is 32.2. The van der Waals surface area contributed by atoms with Gasteiger partial charge in [0.25, 0.3) is 0 Å². The number of carboxylic acids is 1. The third-order valence-electron chi connectivity index (χ3n) is 24.2. The molecular weight excluding hydrogens is 1750 g/mol. The highest BCUT2D eigenvalue weighted by Crippen LogP contribution is 2.28. The Balaban J connectivity index is 1.19. The predicted molar refractivity (Wildman–Crippen MR) is 497 cm³/mol. The van der Waals surface area contributed by atoms with Crippen LogP contribution in [0.3, 0.4) is 0 Å². The fourth-order valence-electron chi connectivity index (χ4n) is 16.7. The number of aromatic hydroxyl groups is 1. The van der Waals surface area contributed by atoms with Gasteiger partial charge in [-0.1, -0.05) is 102 Å². The van der Waals surface area contributed by atoms with Crippen molar-refractivity contribution in [3.8, 4) is 5.75 Å². The number of amides is 16. The van der Waals surface area contributed by atoms with Crippen molar-refractivity contribution in [1.29, 1.82) is 5.41 Å². The number of guanidine groups is 1. The number of aliphatic hydroxyl groups is 1. The van der Waals surface area contributed by atoms with Crippen molar-refractivity contribution in [3.63, 3.8) is 0 Å². The van der Waals surface area contributed by atoms with Crippen LogP contribution in [0.5, 0.6) is 5.75 Å². The number of carbonyl (C=O) groups excluding carboxylic acids is 16. The van der Waals surface area contributed by atoms with Gasteiger partial charge in [-0.2, -0.15) is 0 Å². The molecule has 23 N–H and O–H groups in total. The number of phenols is 1. The summed E-state index contributed by atoms with van der Waals surface area (Å²) in [6.45, 7) is 6.80. The van der Waals surface area contributed by atoms with Gasteiger partial charge in [0, 0.05) is 100.0 Å². The van der Waals surface area contributed by atoms with Gasteiger partial charge >= 0.3 is 5.97 Å². The van der Waals surface area contributed by atoms with Crippen molar-refractivity contribution in [2.75, 3.05) is 72.0 Å². The first-order chi connectivity index (χ1) is 63.9. The van der Waals surface area contributed by atoms with Crippen molar-refractivity contribution in [2.24, 2.45) is 23.1 Å². The number of carbonyl (C=O) groups is 17. The molecule has 134 heavy (non-hydrogen) atoms. The maximum Gasteiger partial charge on any atom is 0.305 e. The molecule has 14 atom stereocenters. The number of aliphatic hydroxyl groups excluding tert-OH is 1. The second-order valence-corrected chi connectivity index (χ2v) is 35.7. The van der Waals surface area contributed by atoms with Crippen molar-refractivity contribution in [1.82, 2.24) is 93.0 Å². The maximum atomic E-state index is 15.7. The van der Waals surface area contributed by atoms with Crippen LogP contribution >= 0.6 is 11.8 Å². The molecule has 0 saturated carbocycles. The van der Waals surface area contributed by atoms with Gasteiger partial charge in [0.05, 0.1) is 25.3 Å². The van der Waals surface area contributed by atoms with E-state index in [9.17, 15) is 58.5 Å². The van der Waals surface area contributed by atoms with Crippen LogP contribution in [0, 0.1) is 11.3 Å². The van der Waals surface area contributed by atoms with E-state index in [1.807, 2.05) is 13.8 Å². The van der Waals surface area contributed by atoms with Gasteiger partial charge in [0.1, 0.15) is 90.3 Å². The fraction of sp³-hybridized carbons (Fsp3) is 0.560. The molecule has 3 aliphatic rings. The first-order valence-electron chi connectivity index (χ1n) is 45.6. The third-order valence-corrected chi connectivity index (χ3v) is 25.3. The van der Waals surface area contributed by atoms with Crippen molar-refractivity contribution < 1.29 is 96.8 Å². The molecule has 3 saturated heterocycles. The Morgan fingerprint density at radius 2 is 1.01 bits per heavy atom. The number of hydrogen-bond acceptors (Lipinski definition) is 22. The summed E-state index contributed by atoms with van der Waals surface area (Å²) < 4.78 is 0. The molecule has 3 fully saturated rings. The lowest BCUT2D eigenvalue weighted by atomic mass is 10.00. The number of H-pyrrole nitrogens is 2. The summed E-state index contributed by atoms with van der Waals surface area (Å²) in [6.07, 6.45) is 3.96. The van der Waals surface area contributed by atoms with E-state index in [0.717, 1.165) is 26.5 Å². The van der Waals surface area contributed by atoms with Crippen molar-refractivity contribution >= 4 is 140 Å². The summed E-state index contributed by atoms with van der Waals surface area (Å²) in [5.74, 6) is -17.9. The molecule has 2 aromatic heterocycles. The number of fused-ring (bicyclic) bond motifs is 4. The van der Waals surface area contributed by atoms with Gasteiger partial charge in [0.2, 0.25) is 94.5 Å². The van der Waals surface area contributed by atoms with Crippen LogP contribution in [-0.2, 0) is 101 Å². The molecule has 0 bridgehead atoms. The van der Waals surface area contributed by atoms with Gasteiger partial charge in [-0.15, -0.1) is 11.8 Å². The van der Waals surface area contributed by atoms with Crippen molar-refractivity contribution in [3.05, 3.63) is 102 Å². The number of nitrogens with zero attached hydrogens (tertiary/aromatic N) is 5. The maximum absolute atomic E-state index is 15.7. The van der Waals surface area contributed by atoms with Crippen LogP contribution in [0.1, 0.15) is 160 Å². The molecular formula is C91H132N22O20S. The molecule has 43 heteroatoms. The molecule has 732 valence electrons. The van der Waals surface area contributed by atoms with Crippen molar-refractivity contribution in [2.45, 2.75) is 248 Å². The molecule has 16 amide bonds. The number of nitrogens with two attached hydrogens (primary N) is 3. The molecule has 5 heterocycles. The summed E-state index contributed by atoms with van der Waals surface area (Å²) in [7, 11) is 3.98. The average Bonchev–Trinajstić information content (AvgIpc) is 1.63. The van der Waals surface area contributed by atoms with Gasteiger partial charge in [0.15, 0.2) is 5.96 Å². The monoisotopic (exact) mass is 1880 g/mol. The molecule has 0 radical (unpaired) electrons. The number of benzene rings is 3. The molecule has 5 aromatic rings. The Labute approximate surface area is 781 Å². The summed E-state index contributed by atoms with van der Waals surface area (Å²) in [5, 5.41) is 70.0. The van der Waals surface area contributed by atoms with Crippen LogP contribution in [0.25, 0.3) is 21.8 Å². The Morgan fingerprint density at radius 3 is 1.58 bits per heavy atom. The summed E-state index contributed by atoms with van der Waals surface area (Å²) in [6, 6.07) is -1.41. The number of nitrogens with one attached hydrogen (secondary N) is 14. The largest absolute Gasteiger partial charge is 0.508 e. The zero-order valence-corrected chi connectivity index (χ0v) is 78.0. The lowest BCUT2D eigenvalue weighted by molar-refractivity contribution is -0.149. The van der Waals surface area contributed by atoms with Gasteiger partial charge < -0.3 is 125 Å². The van der Waals surface area contributed by atoms with Gasteiger partial charge in [-0.25, -0.2) is 0 Å². The molecule has 0 spiro atoms. The smallest absolute Gasteiger partial charge is 0.305 e. The number of carboxylic acid groups (broad SMARTS) is 1. The number of aromatic amines is 2. The second kappa shape index (κ2) is 51.9. The predicted octanol–water partition coefficient (Wildman–Crippen LogP) is -1.14. The topological polar surface area (TPSA) is 633 Å². The third kappa shape index (κ3) is 30.3. The summed E-state index contributed by atoms with van der Waals surface area (Å²) >= 11 is 0.781. The summed E-state index contributed by atoms with van der Waals surface area (Å²) in [4.78, 5) is 262. The molecule has 42 nitrogen and oxygen atoms in total. The number of hydrogen-bond donors (Lipinski definition) is 20. The van der Waals surface area contributed by atoms with E-state index >= 15 is 38.4 Å². The minimum atomic E-state index is -1.88. The number of aliphatic carboxylic acids is 1. The van der Waals surface area contributed by atoms with E-state index in [1.54, 1.807) is 74.8 Å². The number of aromatic nitrogens is 2. The number of primary amides is 1. The Hall–Kier alpha value is -12.9. The Bertz CT molecular complexity index is 4970. The highest BCUT2D eigenvalue weighted by molar-refractivity contribution is 8.00. The van der Waals surface area contributed by atoms with Crippen LogP contribution < -0.4 is 75.7 Å². The van der Waals surface area contributed by atoms with E-state index in [4.69, 9.17) is 22.6 Å². The molecule has 3 aromatic carbocycles. The number of phenolic OH excluding ortho intramolecular Hbond substituents is 1. The first kappa shape index (κ1) is 106. The zero-order chi connectivity index (χ0) is 98.2. The fourth-order valence-corrected chi connectivity index (χ4v) is 17.6. The van der Waals surface area contributed by atoms with E-state index < -0.39 is 222 Å². The molecule has 8 rings (SSSR count). The lowest BCUT2D eigenvalue weighted by Gasteiger charge is -2.36. The Morgan fingerprint density at radius 1 is 0.522 bits per heavy atom. The highest BCUT2D eigenvalue weighted by Gasteiger charge is 2.46. The van der Waals surface area contributed by atoms with Crippen LogP contribution in [0.2, 0.25) is 0 Å². The quantitative estimate of drug-likeness (QED) is 0.0160. The second-order valence-electron chi connectivity index (χ2n) is 34.7. The van der Waals surface area contributed by atoms with E-state index in [2.05, 4.69) is 68.5 Å². The summed E-state index contributed by atoms with van der Waals surface area (Å²) in [5.41, 5.74) is 19.7. The van der Waals surface area contributed by atoms with Crippen LogP contribution in [0.15, 0.2) is 85.2 Å². The minimum Gasteiger partial charge on any atom is -0.508 e. The number of unbranched alkanes of at least 4 members (excludes halogenated alkanes) is 3. The number of likely N-dealkylation sites (N-methyl/N-ethyl adjacent to an activating group) is 3. The first-order valence-corrected chi connectivity index (χ1v) is 46.8. The van der Waals surface area contributed by atoms with Crippen LogP contribution in [0.4, 0.5) is 0 Å². The standard InChI is InChI=1S/C91H132N22O20S/c1-9-11-28-70-83(126)101-61(27-19-37-96-91(94)95)79(122)108-69(78(121)99-47-74(93)116)49-134-50-75(117)100-66(41-53-32-34-56(115)35-33-53)86(129)109(6)52(5)77(120)102-62(26-17-18-36-92)88(131)112-38-20-30-71(112)85(128)104-64(44-76(118)119)81(124)105-65(40-51(3)4)89(132)113-39-21-31-72(113)84(127)103-63(42-54-45-97-59-24-15-13-22-57(54)59)80(123)107-68(48-114)82(125)106-67(43-55-46-98-60-25-16-14-23-58(55)60)87(130)111(8)73(29-12-10-2)90(133)110(70)7/h13-16,22-25,32-35,45-46,51-52,61-73,97-98,114-115H,9-12,17-21,26-31,36-44,47-50,92H2,1-8H3,(H2,93,116)(H,99,121)(H,100,117)(H,101,126)(H,102,120)(H,103,127)(H,104,128)(H,105,124)(H,106,125)(H,107,123)(H,108,122)(H,118,119)(H4,94,95,96)/t52-,61-,62-,63-,64-,65-,66-,67-,68-,69-,70-,71-,72-,73-/m0/s1. The van der Waals surface area contributed by atoms with Gasteiger partial charge in [-0.05, 0) is 137 Å². The minimum absolute atomic E-state index is 0.00113. The zero-order valence-electron chi connectivity index (χ0n) is 77.2. The van der Waals surface area contributed by atoms with E-state index in [-0.39, 0.29) is 128 Å². The molecule has 0 unspecified atom stereocenters. The van der Waals surface area contributed by atoms with E-state index in [0.29, 0.717) is 70.6 Å². The van der Waals surface area contributed by atoms with Gasteiger partial charge in [-0.3, -0.25) is 86.9 Å². The lowest BCUT2D eigenvalue weighted by Crippen LogP contribution is -2.61. The normalized spacial score (nSPS) is 24.3. The molecule has 3 aliphatic heterocycles. The number of thioether (sulfide) groups is 1. The SMILES string of the molecule is CCCC[C@H]1C(=O)N(C)[C@@H](CCCC)C(=O)N[C@@H](CCCNC(=N)N)C(=O)N[C@H](C(=O)NCC(N)=O)CSCC(=O)N[C@@H](Cc2ccc(O)cc2)C(=O)N(C)[C@@H](C)C(=O)N[C@@H](CCCCN)C(=O)N2CCC[C@H]2C(=O)N[C@@H](CC(=O)O)C(=O)N[C@@H](CC(C)C)C(=O)N2CCC[C@H]2C(=O)N[C@@H](Cc2c[nH]c3ccccc23)C(=O)N[C@@H](CO)C(=O)N[C@@H](Cc2c[nH]c3ccccc23)C(=O)N1C. The average molecular weight is 1890 g/mol. The van der Waals surface area contributed by atoms with E-state index in [1.165, 1.54) is 62.1 Å². The Kier molecular flexibility index (Phi) is 41.2. The molecule has 0 aliphatic carbocycles.